The maximum Gasteiger partial charge on any atom is 0.271 e. The molecule has 162 valence electrons. The lowest BCUT2D eigenvalue weighted by atomic mass is 10.1. The molecule has 1 aliphatic rings. The number of benzene rings is 2. The van der Waals surface area contributed by atoms with Gasteiger partial charge in [-0.25, -0.2) is 13.1 Å². The predicted molar refractivity (Wildman–Crippen MR) is 115 cm³/mol. The van der Waals surface area contributed by atoms with E-state index in [-0.39, 0.29) is 22.9 Å². The van der Waals surface area contributed by atoms with E-state index < -0.39 is 14.9 Å². The quantitative estimate of drug-likeness (QED) is 0.502. The van der Waals surface area contributed by atoms with Crippen molar-refractivity contribution < 1.29 is 18.1 Å². The van der Waals surface area contributed by atoms with E-state index in [1.165, 1.54) is 18.6 Å². The fourth-order valence-electron chi connectivity index (χ4n) is 3.62. The van der Waals surface area contributed by atoms with Gasteiger partial charge in [0.15, 0.2) is 0 Å². The number of non-ortho nitro benzene ring substituents is 1. The van der Waals surface area contributed by atoms with Gasteiger partial charge in [-0.2, -0.15) is 0 Å². The van der Waals surface area contributed by atoms with Crippen LogP contribution in [0.1, 0.15) is 30.4 Å². The Morgan fingerprint density at radius 1 is 1.07 bits per heavy atom. The minimum atomic E-state index is -3.99. The lowest BCUT2D eigenvalue weighted by molar-refractivity contribution is -0.385. The highest BCUT2D eigenvalue weighted by molar-refractivity contribution is 7.89. The number of sulfonamides is 1. The summed E-state index contributed by atoms with van der Waals surface area (Å²) >= 11 is 0. The van der Waals surface area contributed by atoms with Gasteiger partial charge < -0.3 is 9.64 Å². The van der Waals surface area contributed by atoms with Crippen molar-refractivity contribution in [2.24, 2.45) is 0 Å². The fraction of sp³-hybridized carbons (Fsp3) is 0.429. The number of nitro groups is 1. The molecule has 1 aliphatic heterocycles. The highest BCUT2D eigenvalue weighted by Gasteiger charge is 2.24. The summed E-state index contributed by atoms with van der Waals surface area (Å²) < 4.78 is 34.3. The molecule has 1 saturated heterocycles. The topological polar surface area (TPSA) is 102 Å². The van der Waals surface area contributed by atoms with Crippen molar-refractivity contribution in [1.29, 1.82) is 0 Å². The summed E-state index contributed by atoms with van der Waals surface area (Å²) in [4.78, 5) is 12.6. The molecule has 2 aromatic carbocycles. The van der Waals surface area contributed by atoms with Crippen LogP contribution in [0.3, 0.4) is 0 Å². The molecule has 0 bridgehead atoms. The highest BCUT2D eigenvalue weighted by atomic mass is 32.2. The van der Waals surface area contributed by atoms with Crippen molar-refractivity contribution in [3.63, 3.8) is 0 Å². The SMILES string of the molecule is Cc1cc(C)cc(Oc2ccc([N+](=O)[O-])cc2S(=O)(=O)NCCN2CCCCC2)c1. The van der Waals surface area contributed by atoms with Crippen molar-refractivity contribution in [3.8, 4) is 11.5 Å². The van der Waals surface area contributed by atoms with E-state index in [0.29, 0.717) is 12.3 Å². The Balaban J connectivity index is 1.84. The van der Waals surface area contributed by atoms with Crippen molar-refractivity contribution in [1.82, 2.24) is 9.62 Å². The van der Waals surface area contributed by atoms with Crippen LogP contribution in [0.2, 0.25) is 0 Å². The number of nitrogens with zero attached hydrogens (tertiary/aromatic N) is 2. The lowest BCUT2D eigenvalue weighted by Gasteiger charge is -2.26. The van der Waals surface area contributed by atoms with Gasteiger partial charge in [-0.3, -0.25) is 10.1 Å². The van der Waals surface area contributed by atoms with Gasteiger partial charge in [-0.1, -0.05) is 12.5 Å². The Morgan fingerprint density at radius 3 is 2.37 bits per heavy atom. The normalized spacial score (nSPS) is 15.1. The number of aryl methyl sites for hydroxylation is 2. The van der Waals surface area contributed by atoms with E-state index in [1.807, 2.05) is 19.9 Å². The maximum absolute atomic E-state index is 13.0. The second-order valence-electron chi connectivity index (χ2n) is 7.61. The number of hydrogen-bond donors (Lipinski definition) is 1. The number of rotatable bonds is 8. The van der Waals surface area contributed by atoms with Crippen LogP contribution < -0.4 is 9.46 Å². The van der Waals surface area contributed by atoms with Crippen molar-refractivity contribution in [3.05, 3.63) is 57.6 Å². The molecule has 2 aromatic rings. The smallest absolute Gasteiger partial charge is 0.271 e. The van der Waals surface area contributed by atoms with E-state index in [2.05, 4.69) is 9.62 Å². The van der Waals surface area contributed by atoms with Gasteiger partial charge in [-0.15, -0.1) is 0 Å². The van der Waals surface area contributed by atoms with Crippen LogP contribution in [0, 0.1) is 24.0 Å². The molecule has 0 saturated carbocycles. The summed E-state index contributed by atoms with van der Waals surface area (Å²) in [5, 5.41) is 11.2. The minimum absolute atomic E-state index is 0.0519. The molecule has 0 amide bonds. The summed E-state index contributed by atoms with van der Waals surface area (Å²) in [6.07, 6.45) is 3.44. The van der Waals surface area contributed by atoms with E-state index >= 15 is 0 Å². The molecule has 0 spiro atoms. The van der Waals surface area contributed by atoms with Gasteiger partial charge in [0.2, 0.25) is 10.0 Å². The van der Waals surface area contributed by atoms with Crippen LogP contribution in [0.15, 0.2) is 41.3 Å². The van der Waals surface area contributed by atoms with Crippen molar-refractivity contribution in [2.45, 2.75) is 38.0 Å². The zero-order valence-electron chi connectivity index (χ0n) is 17.3. The standard InChI is InChI=1S/C21H27N3O5S/c1-16-12-17(2)14-19(13-16)29-20-7-6-18(24(25)26)15-21(20)30(27,28)22-8-11-23-9-4-3-5-10-23/h6-7,12-15,22H,3-5,8-11H2,1-2H3. The first-order valence-electron chi connectivity index (χ1n) is 10.0. The van der Waals surface area contributed by atoms with Crippen LogP contribution in [-0.2, 0) is 10.0 Å². The molecule has 1 N–H and O–H groups in total. The van der Waals surface area contributed by atoms with Gasteiger partial charge >= 0.3 is 0 Å². The molecular formula is C21H27N3O5S. The monoisotopic (exact) mass is 433 g/mol. The molecule has 3 rings (SSSR count). The maximum atomic E-state index is 13.0. The van der Waals surface area contributed by atoms with E-state index in [0.717, 1.165) is 43.1 Å². The Kier molecular flexibility index (Phi) is 7.06. The minimum Gasteiger partial charge on any atom is -0.456 e. The van der Waals surface area contributed by atoms with E-state index in [4.69, 9.17) is 4.74 Å². The first-order chi connectivity index (χ1) is 14.2. The molecule has 0 atom stereocenters. The van der Waals surface area contributed by atoms with Crippen LogP contribution in [-0.4, -0.2) is 44.4 Å². The first kappa shape index (κ1) is 22.2. The number of hydrogen-bond acceptors (Lipinski definition) is 6. The molecule has 9 heteroatoms. The number of nitrogens with one attached hydrogen (secondary N) is 1. The number of piperidine rings is 1. The van der Waals surface area contributed by atoms with Crippen molar-refractivity contribution >= 4 is 15.7 Å². The summed E-state index contributed by atoms with van der Waals surface area (Å²) in [7, 11) is -3.99. The van der Waals surface area contributed by atoms with Gasteiger partial charge in [0.1, 0.15) is 16.4 Å². The molecule has 8 nitrogen and oxygen atoms in total. The van der Waals surface area contributed by atoms with Crippen LogP contribution in [0.25, 0.3) is 0 Å². The molecule has 1 heterocycles. The average Bonchev–Trinajstić information content (AvgIpc) is 2.68. The predicted octanol–water partition coefficient (Wildman–Crippen LogP) is 3.77. The van der Waals surface area contributed by atoms with Crippen LogP contribution in [0.5, 0.6) is 11.5 Å². The Labute approximate surface area is 177 Å². The third kappa shape index (κ3) is 5.78. The van der Waals surface area contributed by atoms with E-state index in [1.54, 1.807) is 12.1 Å². The Bertz CT molecular complexity index is 997. The highest BCUT2D eigenvalue weighted by Crippen LogP contribution is 2.32. The Hall–Kier alpha value is -2.49. The molecule has 0 unspecified atom stereocenters. The number of nitro benzene ring substituents is 1. The second-order valence-corrected chi connectivity index (χ2v) is 9.35. The second kappa shape index (κ2) is 9.55. The average molecular weight is 434 g/mol. The van der Waals surface area contributed by atoms with Crippen LogP contribution >= 0.6 is 0 Å². The molecule has 30 heavy (non-hydrogen) atoms. The third-order valence-corrected chi connectivity index (χ3v) is 6.50. The lowest BCUT2D eigenvalue weighted by Crippen LogP contribution is -2.37. The van der Waals surface area contributed by atoms with E-state index in [9.17, 15) is 18.5 Å². The molecule has 0 radical (unpaired) electrons. The number of likely N-dealkylation sites (tertiary alicyclic amines) is 1. The summed E-state index contributed by atoms with van der Waals surface area (Å²) in [6, 6.07) is 9.16. The largest absolute Gasteiger partial charge is 0.456 e. The molecule has 0 aromatic heterocycles. The van der Waals surface area contributed by atoms with Crippen LogP contribution in [0.4, 0.5) is 5.69 Å². The molecule has 1 fully saturated rings. The van der Waals surface area contributed by atoms with Gasteiger partial charge in [0, 0.05) is 25.2 Å². The summed E-state index contributed by atoms with van der Waals surface area (Å²) in [5.41, 5.74) is 1.63. The third-order valence-electron chi connectivity index (χ3n) is 5.02. The van der Waals surface area contributed by atoms with Gasteiger partial charge in [0.05, 0.1) is 4.92 Å². The zero-order valence-corrected chi connectivity index (χ0v) is 18.1. The summed E-state index contributed by atoms with van der Waals surface area (Å²) in [5.74, 6) is 0.530. The zero-order chi connectivity index (χ0) is 21.7. The molecule has 0 aliphatic carbocycles. The van der Waals surface area contributed by atoms with Gasteiger partial charge in [0.25, 0.3) is 5.69 Å². The molecular weight excluding hydrogens is 406 g/mol. The summed E-state index contributed by atoms with van der Waals surface area (Å²) in [6.45, 7) is 6.57. The fourth-order valence-corrected chi connectivity index (χ4v) is 4.79. The first-order valence-corrected chi connectivity index (χ1v) is 11.5. The van der Waals surface area contributed by atoms with Gasteiger partial charge in [-0.05, 0) is 69.1 Å². The Morgan fingerprint density at radius 2 is 1.73 bits per heavy atom. The number of ether oxygens (including phenoxy) is 1. The van der Waals surface area contributed by atoms with Crippen molar-refractivity contribution in [2.75, 3.05) is 26.2 Å².